The largest absolute Gasteiger partial charge is 0.494 e. The van der Waals surface area contributed by atoms with E-state index in [0.29, 0.717) is 18.6 Å². The molecule has 0 aromatic rings. The molecule has 1 aliphatic rings. The molecular weight excluding hydrogens is 180 g/mol. The first-order valence-electron chi connectivity index (χ1n) is 4.94. The number of aliphatic hydroxyl groups is 1. The molecule has 1 heterocycles. The van der Waals surface area contributed by atoms with Gasteiger partial charge in [-0.15, -0.1) is 0 Å². The normalized spacial score (nSPS) is 23.0. The first-order chi connectivity index (χ1) is 6.43. The Kier molecular flexibility index (Phi) is 3.32. The molecule has 14 heavy (non-hydrogen) atoms. The van der Waals surface area contributed by atoms with Crippen LogP contribution in [0.2, 0.25) is 0 Å². The van der Waals surface area contributed by atoms with Crippen molar-refractivity contribution in [2.45, 2.75) is 39.7 Å². The number of rotatable bonds is 2. The lowest BCUT2D eigenvalue weighted by Gasteiger charge is -2.33. The van der Waals surface area contributed by atoms with Gasteiger partial charge in [0.1, 0.15) is 11.9 Å². The third kappa shape index (κ3) is 2.84. The summed E-state index contributed by atoms with van der Waals surface area (Å²) in [7, 11) is 0. The Morgan fingerprint density at radius 2 is 2.21 bits per heavy atom. The maximum atomic E-state index is 11.4. The van der Waals surface area contributed by atoms with Gasteiger partial charge in [-0.2, -0.15) is 0 Å². The summed E-state index contributed by atoms with van der Waals surface area (Å²) in [6.45, 7) is 6.17. The minimum absolute atomic E-state index is 0.0238. The predicted octanol–water partition coefficient (Wildman–Crippen LogP) is 1.66. The molecule has 1 rings (SSSR count). The van der Waals surface area contributed by atoms with Gasteiger partial charge in [-0.1, -0.05) is 20.8 Å². The number of aliphatic hydroxyl groups excluding tert-OH is 1. The number of allylic oxidation sites excluding steroid dienone is 1. The van der Waals surface area contributed by atoms with Gasteiger partial charge in [-0.25, -0.2) is 0 Å². The lowest BCUT2D eigenvalue weighted by Crippen LogP contribution is -2.34. The van der Waals surface area contributed by atoms with E-state index in [2.05, 4.69) is 0 Å². The molecule has 0 radical (unpaired) electrons. The van der Waals surface area contributed by atoms with Crippen LogP contribution in [0.5, 0.6) is 0 Å². The highest BCUT2D eigenvalue weighted by atomic mass is 16.5. The second-order valence-electron chi connectivity index (χ2n) is 4.73. The molecule has 3 nitrogen and oxygen atoms in total. The summed E-state index contributed by atoms with van der Waals surface area (Å²) < 4.78 is 5.64. The number of hydrogen-bond donors (Lipinski definition) is 1. The zero-order valence-corrected chi connectivity index (χ0v) is 9.04. The summed E-state index contributed by atoms with van der Waals surface area (Å²) >= 11 is 0. The van der Waals surface area contributed by atoms with Gasteiger partial charge in [0.15, 0.2) is 5.78 Å². The van der Waals surface area contributed by atoms with Crippen molar-refractivity contribution >= 4 is 5.78 Å². The zero-order valence-electron chi connectivity index (χ0n) is 9.04. The van der Waals surface area contributed by atoms with Crippen LogP contribution in [0.15, 0.2) is 11.8 Å². The molecule has 0 fully saturated rings. The highest BCUT2D eigenvalue weighted by Crippen LogP contribution is 2.30. The van der Waals surface area contributed by atoms with Gasteiger partial charge >= 0.3 is 0 Å². The molecule has 0 bridgehead atoms. The average Bonchev–Trinajstić information content (AvgIpc) is 2.02. The van der Waals surface area contributed by atoms with Crippen molar-refractivity contribution in [1.82, 2.24) is 0 Å². The van der Waals surface area contributed by atoms with Crippen molar-refractivity contribution in [1.29, 1.82) is 0 Å². The minimum Gasteiger partial charge on any atom is -0.494 e. The maximum absolute atomic E-state index is 11.4. The van der Waals surface area contributed by atoms with E-state index in [-0.39, 0.29) is 23.9 Å². The molecular formula is C11H18O3. The fraction of sp³-hybridized carbons (Fsp3) is 0.727. The molecule has 0 spiro atoms. The zero-order chi connectivity index (χ0) is 10.8. The quantitative estimate of drug-likeness (QED) is 0.734. The number of carbonyl (C=O) groups is 1. The summed E-state index contributed by atoms with van der Waals surface area (Å²) in [6.07, 6.45) is 2.30. The van der Waals surface area contributed by atoms with E-state index >= 15 is 0 Å². The molecule has 0 aromatic heterocycles. The van der Waals surface area contributed by atoms with Gasteiger partial charge in [0.2, 0.25) is 0 Å². The van der Waals surface area contributed by atoms with Crippen molar-refractivity contribution in [2.75, 3.05) is 6.61 Å². The molecule has 3 heteroatoms. The predicted molar refractivity (Wildman–Crippen MR) is 53.7 cm³/mol. The number of hydrogen-bond acceptors (Lipinski definition) is 3. The lowest BCUT2D eigenvalue weighted by atomic mass is 9.85. The topological polar surface area (TPSA) is 46.5 Å². The van der Waals surface area contributed by atoms with Crippen molar-refractivity contribution in [3.8, 4) is 0 Å². The standard InChI is InChI=1S/C11H18O3/c1-11(2,3)10-7-8(13)6-9(14-10)4-5-12/h6,10,12H,4-5,7H2,1-3H3. The molecule has 0 aliphatic carbocycles. The molecule has 0 amide bonds. The third-order valence-corrected chi connectivity index (χ3v) is 2.33. The first kappa shape index (κ1) is 11.2. The van der Waals surface area contributed by atoms with E-state index in [9.17, 15) is 4.79 Å². The Labute approximate surface area is 84.8 Å². The molecule has 1 N–H and O–H groups in total. The van der Waals surface area contributed by atoms with Gasteiger partial charge in [0, 0.05) is 18.9 Å². The van der Waals surface area contributed by atoms with Crippen LogP contribution in [0.4, 0.5) is 0 Å². The van der Waals surface area contributed by atoms with E-state index in [4.69, 9.17) is 9.84 Å². The first-order valence-corrected chi connectivity index (χ1v) is 4.94. The Hall–Kier alpha value is -0.830. The number of carbonyl (C=O) groups excluding carboxylic acids is 1. The van der Waals surface area contributed by atoms with Crippen molar-refractivity contribution in [2.24, 2.45) is 5.41 Å². The van der Waals surface area contributed by atoms with Crippen LogP contribution < -0.4 is 0 Å². The summed E-state index contributed by atoms with van der Waals surface area (Å²) in [6, 6.07) is 0. The van der Waals surface area contributed by atoms with Crippen LogP contribution in [0.25, 0.3) is 0 Å². The Bertz CT molecular complexity index is 248. The fourth-order valence-corrected chi connectivity index (χ4v) is 1.40. The van der Waals surface area contributed by atoms with E-state index in [1.165, 1.54) is 6.08 Å². The van der Waals surface area contributed by atoms with Gasteiger partial charge in [0.25, 0.3) is 0 Å². The van der Waals surface area contributed by atoms with Crippen LogP contribution in [0.1, 0.15) is 33.6 Å². The Morgan fingerprint density at radius 3 is 2.71 bits per heavy atom. The second kappa shape index (κ2) is 4.13. The van der Waals surface area contributed by atoms with Crippen LogP contribution in [-0.4, -0.2) is 23.6 Å². The third-order valence-electron chi connectivity index (χ3n) is 2.33. The summed E-state index contributed by atoms with van der Waals surface area (Å²) in [4.78, 5) is 11.4. The highest BCUT2D eigenvalue weighted by molar-refractivity contribution is 5.91. The SMILES string of the molecule is CC(C)(C)C1CC(=O)C=C(CCO)O1. The molecule has 1 unspecified atom stereocenters. The molecule has 0 saturated heterocycles. The van der Waals surface area contributed by atoms with Gasteiger partial charge < -0.3 is 9.84 Å². The van der Waals surface area contributed by atoms with E-state index in [1.54, 1.807) is 0 Å². The van der Waals surface area contributed by atoms with E-state index < -0.39 is 0 Å². The Morgan fingerprint density at radius 1 is 1.57 bits per heavy atom. The fourth-order valence-electron chi connectivity index (χ4n) is 1.40. The summed E-state index contributed by atoms with van der Waals surface area (Å²) in [5.41, 5.74) is -0.0371. The van der Waals surface area contributed by atoms with E-state index in [1.807, 2.05) is 20.8 Å². The van der Waals surface area contributed by atoms with Crippen molar-refractivity contribution in [3.05, 3.63) is 11.8 Å². The molecule has 1 atom stereocenters. The molecule has 0 saturated carbocycles. The summed E-state index contributed by atoms with van der Waals surface area (Å²) in [5, 5.41) is 8.76. The van der Waals surface area contributed by atoms with Gasteiger partial charge in [-0.3, -0.25) is 4.79 Å². The Balaban J connectivity index is 2.71. The van der Waals surface area contributed by atoms with Crippen LogP contribution >= 0.6 is 0 Å². The van der Waals surface area contributed by atoms with Gasteiger partial charge in [0.05, 0.1) is 6.61 Å². The second-order valence-corrected chi connectivity index (χ2v) is 4.73. The van der Waals surface area contributed by atoms with Crippen LogP contribution in [0, 0.1) is 5.41 Å². The highest BCUT2D eigenvalue weighted by Gasteiger charge is 2.31. The van der Waals surface area contributed by atoms with Crippen LogP contribution in [-0.2, 0) is 9.53 Å². The van der Waals surface area contributed by atoms with Gasteiger partial charge in [-0.05, 0) is 5.41 Å². The number of ether oxygens (including phenoxy) is 1. The monoisotopic (exact) mass is 198 g/mol. The lowest BCUT2D eigenvalue weighted by molar-refractivity contribution is -0.121. The van der Waals surface area contributed by atoms with E-state index in [0.717, 1.165) is 0 Å². The number of ketones is 1. The molecule has 0 aromatic carbocycles. The smallest absolute Gasteiger partial charge is 0.162 e. The summed E-state index contributed by atoms with van der Waals surface area (Å²) in [5.74, 6) is 0.711. The molecule has 1 aliphatic heterocycles. The van der Waals surface area contributed by atoms with Crippen molar-refractivity contribution < 1.29 is 14.6 Å². The van der Waals surface area contributed by atoms with Crippen LogP contribution in [0.3, 0.4) is 0 Å². The van der Waals surface area contributed by atoms with Crippen molar-refractivity contribution in [3.63, 3.8) is 0 Å². The average molecular weight is 198 g/mol. The molecule has 80 valence electrons. The minimum atomic E-state index is -0.0680. The maximum Gasteiger partial charge on any atom is 0.162 e.